The Labute approximate surface area is 149 Å². The zero-order valence-electron chi connectivity index (χ0n) is 16.0. The minimum Gasteiger partial charge on any atom is -0.373 e. The second kappa shape index (κ2) is 7.25. The van der Waals surface area contributed by atoms with Gasteiger partial charge in [-0.1, -0.05) is 20.8 Å². The predicted octanol–water partition coefficient (Wildman–Crippen LogP) is 2.33. The fraction of sp³-hybridized carbons (Fsp3) is 0.722. The van der Waals surface area contributed by atoms with Crippen molar-refractivity contribution in [1.82, 2.24) is 24.7 Å². The van der Waals surface area contributed by atoms with E-state index in [1.165, 1.54) is 0 Å². The number of ether oxygens (including phenoxy) is 1. The SMILES string of the molecule is CC1CN(CCCNc2ccc3nnc(C(C)(C)C)n3n2)CC(C)O1. The lowest BCUT2D eigenvalue weighted by molar-refractivity contribution is -0.0678. The van der Waals surface area contributed by atoms with E-state index < -0.39 is 0 Å². The molecule has 2 aromatic heterocycles. The van der Waals surface area contributed by atoms with Gasteiger partial charge in [-0.05, 0) is 32.4 Å². The summed E-state index contributed by atoms with van der Waals surface area (Å²) in [6.45, 7) is 14.7. The van der Waals surface area contributed by atoms with Crippen LogP contribution in [0.1, 0.15) is 46.9 Å². The molecule has 0 saturated carbocycles. The van der Waals surface area contributed by atoms with Crippen LogP contribution >= 0.6 is 0 Å². The lowest BCUT2D eigenvalue weighted by atomic mass is 9.96. The molecular weight excluding hydrogens is 316 g/mol. The van der Waals surface area contributed by atoms with E-state index in [2.05, 4.69) is 60.1 Å². The number of anilines is 1. The summed E-state index contributed by atoms with van der Waals surface area (Å²) < 4.78 is 7.62. The van der Waals surface area contributed by atoms with Crippen LogP contribution in [0.25, 0.3) is 5.65 Å². The first-order chi connectivity index (χ1) is 11.8. The third kappa shape index (κ3) is 4.46. The van der Waals surface area contributed by atoms with E-state index in [0.29, 0.717) is 12.2 Å². The second-order valence-corrected chi connectivity index (χ2v) is 8.06. The molecule has 0 radical (unpaired) electrons. The molecule has 7 heteroatoms. The van der Waals surface area contributed by atoms with Crippen molar-refractivity contribution in [2.45, 2.75) is 58.7 Å². The first kappa shape index (κ1) is 18.1. The Balaban J connectivity index is 1.55. The quantitative estimate of drug-likeness (QED) is 0.838. The van der Waals surface area contributed by atoms with E-state index >= 15 is 0 Å². The van der Waals surface area contributed by atoms with Crippen molar-refractivity contribution in [3.05, 3.63) is 18.0 Å². The van der Waals surface area contributed by atoms with Gasteiger partial charge in [-0.2, -0.15) is 4.52 Å². The van der Waals surface area contributed by atoms with Gasteiger partial charge in [0.25, 0.3) is 0 Å². The Morgan fingerprint density at radius 2 is 1.88 bits per heavy atom. The summed E-state index contributed by atoms with van der Waals surface area (Å²) in [5.74, 6) is 1.74. The highest BCUT2D eigenvalue weighted by molar-refractivity contribution is 5.44. The summed E-state index contributed by atoms with van der Waals surface area (Å²) in [4.78, 5) is 2.48. The number of hydrogen-bond donors (Lipinski definition) is 1. The third-order valence-electron chi connectivity index (χ3n) is 4.39. The summed E-state index contributed by atoms with van der Waals surface area (Å²) >= 11 is 0. The molecule has 1 fully saturated rings. The monoisotopic (exact) mass is 346 g/mol. The van der Waals surface area contributed by atoms with Crippen LogP contribution in [-0.4, -0.2) is 63.1 Å². The van der Waals surface area contributed by atoms with Gasteiger partial charge in [-0.15, -0.1) is 15.3 Å². The molecule has 138 valence electrons. The number of fused-ring (bicyclic) bond motifs is 1. The van der Waals surface area contributed by atoms with Crippen LogP contribution in [0.15, 0.2) is 12.1 Å². The van der Waals surface area contributed by atoms with Gasteiger partial charge >= 0.3 is 0 Å². The number of nitrogens with one attached hydrogen (secondary N) is 1. The smallest absolute Gasteiger partial charge is 0.178 e. The van der Waals surface area contributed by atoms with Crippen molar-refractivity contribution >= 4 is 11.5 Å². The van der Waals surface area contributed by atoms with Crippen molar-refractivity contribution in [2.24, 2.45) is 0 Å². The van der Waals surface area contributed by atoms with Crippen LogP contribution in [0.2, 0.25) is 0 Å². The third-order valence-corrected chi connectivity index (χ3v) is 4.39. The topological polar surface area (TPSA) is 67.6 Å². The number of nitrogens with zero attached hydrogens (tertiary/aromatic N) is 5. The Morgan fingerprint density at radius 3 is 2.56 bits per heavy atom. The molecule has 2 aromatic rings. The zero-order chi connectivity index (χ0) is 18.0. The Morgan fingerprint density at radius 1 is 1.16 bits per heavy atom. The minimum atomic E-state index is -0.0885. The van der Waals surface area contributed by atoms with E-state index in [-0.39, 0.29) is 5.41 Å². The van der Waals surface area contributed by atoms with Gasteiger partial charge in [0.15, 0.2) is 11.5 Å². The van der Waals surface area contributed by atoms with Crippen LogP contribution in [0, 0.1) is 0 Å². The Bertz CT molecular complexity index is 697. The van der Waals surface area contributed by atoms with Crippen LogP contribution in [0.4, 0.5) is 5.82 Å². The molecule has 3 heterocycles. The lowest BCUT2D eigenvalue weighted by Crippen LogP contribution is -2.45. The maximum Gasteiger partial charge on any atom is 0.178 e. The van der Waals surface area contributed by atoms with Crippen LogP contribution < -0.4 is 5.32 Å². The maximum absolute atomic E-state index is 5.78. The highest BCUT2D eigenvalue weighted by Gasteiger charge is 2.22. The Hall–Kier alpha value is -1.73. The van der Waals surface area contributed by atoms with Crippen molar-refractivity contribution in [1.29, 1.82) is 0 Å². The summed E-state index contributed by atoms with van der Waals surface area (Å²) in [5.41, 5.74) is 0.696. The molecule has 25 heavy (non-hydrogen) atoms. The first-order valence-electron chi connectivity index (χ1n) is 9.17. The summed E-state index contributed by atoms with van der Waals surface area (Å²) in [6, 6.07) is 3.93. The normalized spacial score (nSPS) is 22.4. The molecule has 1 saturated heterocycles. The van der Waals surface area contributed by atoms with E-state index in [1.807, 2.05) is 16.6 Å². The highest BCUT2D eigenvalue weighted by atomic mass is 16.5. The molecule has 1 aliphatic heterocycles. The average molecular weight is 346 g/mol. The number of morpholine rings is 1. The van der Waals surface area contributed by atoms with Crippen molar-refractivity contribution < 1.29 is 4.74 Å². The van der Waals surface area contributed by atoms with Gasteiger partial charge in [-0.3, -0.25) is 4.90 Å². The molecule has 1 N–H and O–H groups in total. The highest BCUT2D eigenvalue weighted by Crippen LogP contribution is 2.20. The first-order valence-corrected chi connectivity index (χ1v) is 9.17. The molecule has 2 unspecified atom stereocenters. The largest absolute Gasteiger partial charge is 0.373 e. The van der Waals surface area contributed by atoms with E-state index in [4.69, 9.17) is 4.74 Å². The number of rotatable bonds is 5. The Kier molecular flexibility index (Phi) is 5.24. The van der Waals surface area contributed by atoms with E-state index in [1.54, 1.807) is 0 Å². The van der Waals surface area contributed by atoms with Crippen molar-refractivity contribution in [3.8, 4) is 0 Å². The molecule has 0 aliphatic carbocycles. The van der Waals surface area contributed by atoms with Crippen LogP contribution in [0.5, 0.6) is 0 Å². The molecule has 0 spiro atoms. The van der Waals surface area contributed by atoms with Gasteiger partial charge in [-0.25, -0.2) is 0 Å². The molecule has 2 atom stereocenters. The molecular formula is C18H30N6O. The molecule has 0 aromatic carbocycles. The van der Waals surface area contributed by atoms with E-state index in [0.717, 1.165) is 49.9 Å². The number of aromatic nitrogens is 4. The molecule has 1 aliphatic rings. The fourth-order valence-electron chi connectivity index (χ4n) is 3.34. The van der Waals surface area contributed by atoms with Crippen molar-refractivity contribution in [2.75, 3.05) is 31.5 Å². The standard InChI is InChI=1S/C18H30N6O/c1-13-11-23(12-14(2)25-13)10-6-9-19-15-7-8-16-20-21-17(18(3,4)5)24(16)22-15/h7-8,13-14H,6,9-12H2,1-5H3,(H,19,22). The minimum absolute atomic E-state index is 0.0885. The summed E-state index contributed by atoms with van der Waals surface area (Å²) in [6.07, 6.45) is 1.73. The zero-order valence-corrected chi connectivity index (χ0v) is 16.0. The maximum atomic E-state index is 5.78. The predicted molar refractivity (Wildman–Crippen MR) is 99.0 cm³/mol. The van der Waals surface area contributed by atoms with Crippen LogP contribution in [0.3, 0.4) is 0 Å². The number of hydrogen-bond acceptors (Lipinski definition) is 6. The van der Waals surface area contributed by atoms with Gasteiger partial charge in [0, 0.05) is 31.6 Å². The molecule has 0 bridgehead atoms. The van der Waals surface area contributed by atoms with Crippen LogP contribution in [-0.2, 0) is 10.2 Å². The fourth-order valence-corrected chi connectivity index (χ4v) is 3.34. The average Bonchev–Trinajstić information content (AvgIpc) is 2.94. The second-order valence-electron chi connectivity index (χ2n) is 8.06. The van der Waals surface area contributed by atoms with Gasteiger partial charge in [0.05, 0.1) is 12.2 Å². The van der Waals surface area contributed by atoms with Crippen molar-refractivity contribution in [3.63, 3.8) is 0 Å². The van der Waals surface area contributed by atoms with E-state index in [9.17, 15) is 0 Å². The lowest BCUT2D eigenvalue weighted by Gasteiger charge is -2.35. The van der Waals surface area contributed by atoms with Gasteiger partial charge in [0.2, 0.25) is 0 Å². The van der Waals surface area contributed by atoms with Gasteiger partial charge < -0.3 is 10.1 Å². The summed E-state index contributed by atoms with van der Waals surface area (Å²) in [5, 5.41) is 16.6. The molecule has 7 nitrogen and oxygen atoms in total. The van der Waals surface area contributed by atoms with Gasteiger partial charge in [0.1, 0.15) is 5.82 Å². The molecule has 0 amide bonds. The summed E-state index contributed by atoms with van der Waals surface area (Å²) in [7, 11) is 0. The molecule has 3 rings (SSSR count).